The smallest absolute Gasteiger partial charge is 0.107 e. The molecule has 0 bridgehead atoms. The van der Waals surface area contributed by atoms with Crippen LogP contribution in [0.15, 0.2) is 5.38 Å². The van der Waals surface area contributed by atoms with E-state index in [9.17, 15) is 0 Å². The van der Waals surface area contributed by atoms with E-state index < -0.39 is 0 Å². The minimum absolute atomic E-state index is 0.825. The molecule has 0 saturated heterocycles. The van der Waals surface area contributed by atoms with Crippen molar-refractivity contribution < 1.29 is 4.74 Å². The highest BCUT2D eigenvalue weighted by Gasteiger charge is 1.97. The van der Waals surface area contributed by atoms with Crippen LogP contribution in [-0.4, -0.2) is 24.7 Å². The first-order valence-electron chi connectivity index (χ1n) is 5.52. The number of aromatic nitrogens is 1. The van der Waals surface area contributed by atoms with Crippen LogP contribution >= 0.6 is 11.3 Å². The van der Waals surface area contributed by atoms with Crippen molar-refractivity contribution in [1.29, 1.82) is 0 Å². The Morgan fingerprint density at radius 3 is 3.00 bits per heavy atom. The summed E-state index contributed by atoms with van der Waals surface area (Å²) in [5, 5.41) is 6.65. The zero-order valence-electron chi connectivity index (χ0n) is 9.58. The Kier molecular flexibility index (Phi) is 6.55. The first kappa shape index (κ1) is 12.6. The number of unbranched alkanes of at least 4 members (excludes halogenated alkanes) is 1. The molecular weight excluding hydrogens is 208 g/mol. The van der Waals surface area contributed by atoms with Crippen LogP contribution in [0.5, 0.6) is 0 Å². The van der Waals surface area contributed by atoms with Crippen molar-refractivity contribution >= 4 is 11.3 Å². The van der Waals surface area contributed by atoms with E-state index in [4.69, 9.17) is 4.74 Å². The molecule has 0 spiro atoms. The largest absolute Gasteiger partial charge is 0.382 e. The maximum Gasteiger partial charge on any atom is 0.107 e. The lowest BCUT2D eigenvalue weighted by molar-refractivity contribution is 0.143. The van der Waals surface area contributed by atoms with E-state index in [2.05, 4.69) is 15.7 Å². The third kappa shape index (κ3) is 5.87. The summed E-state index contributed by atoms with van der Waals surface area (Å²) in [4.78, 5) is 4.39. The number of ether oxygens (including phenoxy) is 1. The normalized spacial score (nSPS) is 10.8. The molecule has 0 aliphatic heterocycles. The molecule has 0 aromatic carbocycles. The standard InChI is InChI=1S/C11H20N2OS/c1-3-14-7-5-4-6-12-8-11-13-10(2)9-15-11/h9,12H,3-8H2,1-2H3. The third-order valence-corrected chi connectivity index (χ3v) is 3.01. The number of rotatable bonds is 8. The van der Waals surface area contributed by atoms with E-state index in [0.29, 0.717) is 0 Å². The molecule has 0 atom stereocenters. The molecular formula is C11H20N2OS. The lowest BCUT2D eigenvalue weighted by atomic mass is 10.3. The van der Waals surface area contributed by atoms with Gasteiger partial charge in [0.25, 0.3) is 0 Å². The van der Waals surface area contributed by atoms with Gasteiger partial charge in [-0.3, -0.25) is 0 Å². The van der Waals surface area contributed by atoms with Crippen LogP contribution < -0.4 is 5.32 Å². The van der Waals surface area contributed by atoms with Gasteiger partial charge in [0.15, 0.2) is 0 Å². The fourth-order valence-electron chi connectivity index (χ4n) is 1.28. The molecule has 0 amide bonds. The van der Waals surface area contributed by atoms with Crippen LogP contribution in [0, 0.1) is 6.92 Å². The van der Waals surface area contributed by atoms with Gasteiger partial charge in [-0.05, 0) is 33.2 Å². The lowest BCUT2D eigenvalue weighted by Gasteiger charge is -2.02. The minimum Gasteiger partial charge on any atom is -0.382 e. The number of nitrogens with one attached hydrogen (secondary N) is 1. The minimum atomic E-state index is 0.825. The number of hydrogen-bond donors (Lipinski definition) is 1. The lowest BCUT2D eigenvalue weighted by Crippen LogP contribution is -2.15. The van der Waals surface area contributed by atoms with E-state index in [1.807, 2.05) is 13.8 Å². The van der Waals surface area contributed by atoms with Gasteiger partial charge in [-0.1, -0.05) is 0 Å². The van der Waals surface area contributed by atoms with Crippen LogP contribution in [0.3, 0.4) is 0 Å². The van der Waals surface area contributed by atoms with Crippen molar-refractivity contribution in [3.05, 3.63) is 16.1 Å². The maximum absolute atomic E-state index is 5.26. The molecule has 3 nitrogen and oxygen atoms in total. The Bertz CT molecular complexity index is 263. The molecule has 1 heterocycles. The zero-order chi connectivity index (χ0) is 10.9. The van der Waals surface area contributed by atoms with E-state index in [1.54, 1.807) is 11.3 Å². The summed E-state index contributed by atoms with van der Waals surface area (Å²) in [5.41, 5.74) is 1.12. The van der Waals surface area contributed by atoms with E-state index in [1.165, 1.54) is 11.4 Å². The van der Waals surface area contributed by atoms with Crippen molar-refractivity contribution in [3.63, 3.8) is 0 Å². The third-order valence-electron chi connectivity index (χ3n) is 2.04. The van der Waals surface area contributed by atoms with Crippen molar-refractivity contribution in [2.24, 2.45) is 0 Å². The van der Waals surface area contributed by atoms with Gasteiger partial charge < -0.3 is 10.1 Å². The molecule has 1 aromatic rings. The number of hydrogen-bond acceptors (Lipinski definition) is 4. The van der Waals surface area contributed by atoms with Gasteiger partial charge in [0.2, 0.25) is 0 Å². The first-order chi connectivity index (χ1) is 7.33. The second-order valence-corrected chi connectivity index (χ2v) is 4.41. The molecule has 0 saturated carbocycles. The van der Waals surface area contributed by atoms with Gasteiger partial charge in [-0.15, -0.1) is 11.3 Å². The van der Waals surface area contributed by atoms with Crippen LogP contribution in [0.25, 0.3) is 0 Å². The van der Waals surface area contributed by atoms with Crippen molar-refractivity contribution in [1.82, 2.24) is 10.3 Å². The van der Waals surface area contributed by atoms with Crippen molar-refractivity contribution in [2.45, 2.75) is 33.2 Å². The molecule has 86 valence electrons. The van der Waals surface area contributed by atoms with E-state index in [0.717, 1.165) is 38.4 Å². The zero-order valence-corrected chi connectivity index (χ0v) is 10.4. The molecule has 15 heavy (non-hydrogen) atoms. The molecule has 1 aromatic heterocycles. The molecule has 0 unspecified atom stereocenters. The van der Waals surface area contributed by atoms with Gasteiger partial charge in [0.05, 0.1) is 0 Å². The van der Waals surface area contributed by atoms with Crippen LogP contribution in [0.4, 0.5) is 0 Å². The molecule has 0 radical (unpaired) electrons. The summed E-state index contributed by atoms with van der Waals surface area (Å²) in [6.45, 7) is 7.71. The quantitative estimate of drug-likeness (QED) is 0.694. The predicted octanol–water partition coefficient (Wildman–Crippen LogP) is 2.36. The Labute approximate surface area is 95.9 Å². The van der Waals surface area contributed by atoms with Gasteiger partial charge in [0, 0.05) is 30.8 Å². The summed E-state index contributed by atoms with van der Waals surface area (Å²) in [6.07, 6.45) is 2.31. The summed E-state index contributed by atoms with van der Waals surface area (Å²) in [5.74, 6) is 0. The van der Waals surface area contributed by atoms with Crippen molar-refractivity contribution in [3.8, 4) is 0 Å². The number of nitrogens with zero attached hydrogens (tertiary/aromatic N) is 1. The van der Waals surface area contributed by atoms with E-state index >= 15 is 0 Å². The Hall–Kier alpha value is -0.450. The van der Waals surface area contributed by atoms with Crippen LogP contribution in [-0.2, 0) is 11.3 Å². The molecule has 4 heteroatoms. The van der Waals surface area contributed by atoms with Crippen LogP contribution in [0.2, 0.25) is 0 Å². The Morgan fingerprint density at radius 2 is 2.33 bits per heavy atom. The summed E-state index contributed by atoms with van der Waals surface area (Å²) < 4.78 is 5.26. The fourth-order valence-corrected chi connectivity index (χ4v) is 2.02. The number of aryl methyl sites for hydroxylation is 1. The second kappa shape index (κ2) is 7.79. The highest BCUT2D eigenvalue weighted by molar-refractivity contribution is 7.09. The fraction of sp³-hybridized carbons (Fsp3) is 0.727. The highest BCUT2D eigenvalue weighted by atomic mass is 32.1. The molecule has 0 aliphatic carbocycles. The SMILES string of the molecule is CCOCCCCNCc1nc(C)cs1. The Balaban J connectivity index is 1.93. The summed E-state index contributed by atoms with van der Waals surface area (Å²) >= 11 is 1.72. The predicted molar refractivity (Wildman–Crippen MR) is 64.3 cm³/mol. The molecule has 1 rings (SSSR count). The monoisotopic (exact) mass is 228 g/mol. The first-order valence-corrected chi connectivity index (χ1v) is 6.40. The number of thiazole rings is 1. The Morgan fingerprint density at radius 1 is 1.47 bits per heavy atom. The van der Waals surface area contributed by atoms with Gasteiger partial charge in [-0.25, -0.2) is 4.98 Å². The van der Waals surface area contributed by atoms with E-state index in [-0.39, 0.29) is 0 Å². The molecule has 0 aliphatic rings. The molecule has 0 fully saturated rings. The van der Waals surface area contributed by atoms with Gasteiger partial charge in [0.1, 0.15) is 5.01 Å². The average Bonchev–Trinajstić information content (AvgIpc) is 2.63. The molecule has 1 N–H and O–H groups in total. The topological polar surface area (TPSA) is 34.1 Å². The van der Waals surface area contributed by atoms with Crippen molar-refractivity contribution in [2.75, 3.05) is 19.8 Å². The summed E-state index contributed by atoms with van der Waals surface area (Å²) in [6, 6.07) is 0. The summed E-state index contributed by atoms with van der Waals surface area (Å²) in [7, 11) is 0. The maximum atomic E-state index is 5.26. The average molecular weight is 228 g/mol. The van der Waals surface area contributed by atoms with Gasteiger partial charge in [-0.2, -0.15) is 0 Å². The second-order valence-electron chi connectivity index (χ2n) is 3.46. The van der Waals surface area contributed by atoms with Gasteiger partial charge >= 0.3 is 0 Å². The highest BCUT2D eigenvalue weighted by Crippen LogP contribution is 2.07. The van der Waals surface area contributed by atoms with Crippen LogP contribution in [0.1, 0.15) is 30.5 Å².